The molecule has 0 spiro atoms. The number of halogens is 1. The highest BCUT2D eigenvalue weighted by Gasteiger charge is 2.20. The van der Waals surface area contributed by atoms with E-state index in [0.29, 0.717) is 6.54 Å². The van der Waals surface area contributed by atoms with Crippen LogP contribution in [-0.4, -0.2) is 24.2 Å². The van der Waals surface area contributed by atoms with Gasteiger partial charge < -0.3 is 15.7 Å². The summed E-state index contributed by atoms with van der Waals surface area (Å²) < 4.78 is 13.2. The van der Waals surface area contributed by atoms with Gasteiger partial charge in [-0.1, -0.05) is 6.07 Å². The first-order valence-electron chi connectivity index (χ1n) is 6.68. The zero-order valence-electron chi connectivity index (χ0n) is 11.1. The fourth-order valence-electron chi connectivity index (χ4n) is 1.72. The van der Waals surface area contributed by atoms with Crippen LogP contribution in [0.15, 0.2) is 23.2 Å². The molecule has 1 aliphatic rings. The van der Waals surface area contributed by atoms with Gasteiger partial charge in [-0.2, -0.15) is 0 Å². The van der Waals surface area contributed by atoms with Crippen LogP contribution in [0.1, 0.15) is 25.3 Å². The van der Waals surface area contributed by atoms with E-state index >= 15 is 0 Å². The second kappa shape index (κ2) is 6.41. The summed E-state index contributed by atoms with van der Waals surface area (Å²) in [5.74, 6) is 0.591. The van der Waals surface area contributed by atoms with Gasteiger partial charge in [0.05, 0.1) is 6.54 Å². The van der Waals surface area contributed by atoms with Crippen LogP contribution >= 0.6 is 0 Å². The van der Waals surface area contributed by atoms with Crippen LogP contribution in [-0.2, 0) is 6.54 Å². The Bertz CT molecular complexity index is 458. The minimum Gasteiger partial charge on any atom is -0.505 e. The Morgan fingerprint density at radius 1 is 1.42 bits per heavy atom. The second-order valence-electron chi connectivity index (χ2n) is 4.81. The maximum Gasteiger partial charge on any atom is 0.191 e. The highest BCUT2D eigenvalue weighted by atomic mass is 19.1. The number of guanidine groups is 1. The maximum atomic E-state index is 13.2. The van der Waals surface area contributed by atoms with Crippen molar-refractivity contribution < 1.29 is 9.50 Å². The lowest BCUT2D eigenvalue weighted by Gasteiger charge is -2.10. The number of hydrogen-bond acceptors (Lipinski definition) is 2. The summed E-state index contributed by atoms with van der Waals surface area (Å²) in [7, 11) is 0. The Labute approximate surface area is 112 Å². The number of phenolic OH excluding ortho intramolecular Hbond substituents is 1. The van der Waals surface area contributed by atoms with Gasteiger partial charge in [0.1, 0.15) is 0 Å². The molecular weight excluding hydrogens is 245 g/mol. The average molecular weight is 265 g/mol. The topological polar surface area (TPSA) is 56.7 Å². The molecule has 2 rings (SSSR count). The molecule has 0 bridgehead atoms. The monoisotopic (exact) mass is 265 g/mol. The Morgan fingerprint density at radius 2 is 2.21 bits per heavy atom. The Kier molecular flexibility index (Phi) is 4.60. The third-order valence-corrected chi connectivity index (χ3v) is 3.03. The quantitative estimate of drug-likeness (QED) is 0.564. The van der Waals surface area contributed by atoms with Crippen LogP contribution in [0.5, 0.6) is 5.75 Å². The maximum absolute atomic E-state index is 13.2. The molecule has 0 unspecified atom stereocenters. The molecule has 0 saturated heterocycles. The number of hydrogen-bond donors (Lipinski definition) is 3. The van der Waals surface area contributed by atoms with Crippen molar-refractivity contribution in [2.24, 2.45) is 10.9 Å². The van der Waals surface area contributed by atoms with E-state index in [0.717, 1.165) is 30.5 Å². The summed E-state index contributed by atoms with van der Waals surface area (Å²) in [6.45, 7) is 4.13. The normalized spacial score (nSPS) is 15.4. The third kappa shape index (κ3) is 4.43. The van der Waals surface area contributed by atoms with Gasteiger partial charge >= 0.3 is 0 Å². The van der Waals surface area contributed by atoms with Gasteiger partial charge in [0, 0.05) is 13.1 Å². The smallest absolute Gasteiger partial charge is 0.191 e. The molecule has 1 fully saturated rings. The molecule has 104 valence electrons. The molecule has 0 radical (unpaired) electrons. The molecule has 1 aromatic rings. The van der Waals surface area contributed by atoms with Crippen molar-refractivity contribution in [3.63, 3.8) is 0 Å². The zero-order chi connectivity index (χ0) is 13.7. The summed E-state index contributed by atoms with van der Waals surface area (Å²) in [5.41, 5.74) is 0.735. The number of benzene rings is 1. The molecule has 1 aromatic carbocycles. The molecule has 0 heterocycles. The van der Waals surface area contributed by atoms with E-state index in [1.54, 1.807) is 6.07 Å². The molecule has 0 amide bonds. The molecule has 1 aliphatic carbocycles. The molecular formula is C14H20FN3O. The third-order valence-electron chi connectivity index (χ3n) is 3.03. The van der Waals surface area contributed by atoms with Gasteiger partial charge in [-0.25, -0.2) is 9.38 Å². The van der Waals surface area contributed by atoms with Crippen LogP contribution < -0.4 is 10.6 Å². The molecule has 0 atom stereocenters. The number of aliphatic imine (C=N–C) groups is 1. The van der Waals surface area contributed by atoms with Gasteiger partial charge in [-0.3, -0.25) is 0 Å². The lowest BCUT2D eigenvalue weighted by molar-refractivity contribution is 0.432. The lowest BCUT2D eigenvalue weighted by Crippen LogP contribution is -2.38. The first-order chi connectivity index (χ1) is 9.19. The number of phenols is 1. The van der Waals surface area contributed by atoms with Gasteiger partial charge in [-0.05, 0) is 43.4 Å². The summed E-state index contributed by atoms with van der Waals surface area (Å²) in [6.07, 6.45) is 2.57. The number of nitrogens with zero attached hydrogens (tertiary/aromatic N) is 1. The standard InChI is InChI=1S/C14H20FN3O/c1-2-16-14(17-8-10-3-4-10)18-9-11-5-6-13(19)12(15)7-11/h5-7,10,19H,2-4,8-9H2,1H3,(H2,16,17,18). The minimum absolute atomic E-state index is 0.327. The van der Waals surface area contributed by atoms with E-state index in [-0.39, 0.29) is 5.75 Å². The van der Waals surface area contributed by atoms with Crippen molar-refractivity contribution >= 4 is 5.96 Å². The predicted molar refractivity (Wildman–Crippen MR) is 73.6 cm³/mol. The van der Waals surface area contributed by atoms with E-state index in [9.17, 15) is 4.39 Å². The average Bonchev–Trinajstić information content (AvgIpc) is 3.21. The van der Waals surface area contributed by atoms with Crippen molar-refractivity contribution in [2.45, 2.75) is 26.3 Å². The van der Waals surface area contributed by atoms with Crippen LogP contribution in [0, 0.1) is 11.7 Å². The number of nitrogens with one attached hydrogen (secondary N) is 2. The van der Waals surface area contributed by atoms with Crippen LogP contribution in [0.3, 0.4) is 0 Å². The van der Waals surface area contributed by atoms with Crippen LogP contribution in [0.25, 0.3) is 0 Å². The molecule has 0 aliphatic heterocycles. The fraction of sp³-hybridized carbons (Fsp3) is 0.500. The lowest BCUT2D eigenvalue weighted by atomic mass is 10.2. The first-order valence-corrected chi connectivity index (χ1v) is 6.68. The molecule has 0 aromatic heterocycles. The van der Waals surface area contributed by atoms with Crippen molar-refractivity contribution in [1.29, 1.82) is 0 Å². The largest absolute Gasteiger partial charge is 0.505 e. The van der Waals surface area contributed by atoms with E-state index in [1.165, 1.54) is 25.0 Å². The number of aromatic hydroxyl groups is 1. The van der Waals surface area contributed by atoms with Gasteiger partial charge in [0.2, 0.25) is 0 Å². The first kappa shape index (κ1) is 13.6. The van der Waals surface area contributed by atoms with Gasteiger partial charge in [0.25, 0.3) is 0 Å². The van der Waals surface area contributed by atoms with Gasteiger partial charge in [0.15, 0.2) is 17.5 Å². The molecule has 4 nitrogen and oxygen atoms in total. The fourth-order valence-corrected chi connectivity index (χ4v) is 1.72. The van der Waals surface area contributed by atoms with E-state index < -0.39 is 5.82 Å². The highest BCUT2D eigenvalue weighted by Crippen LogP contribution is 2.27. The Hall–Kier alpha value is -1.78. The van der Waals surface area contributed by atoms with Crippen molar-refractivity contribution in [1.82, 2.24) is 10.6 Å². The SMILES string of the molecule is CCNC(=NCc1ccc(O)c(F)c1)NCC1CC1. The van der Waals surface area contributed by atoms with Crippen LogP contribution in [0.2, 0.25) is 0 Å². The van der Waals surface area contributed by atoms with E-state index in [2.05, 4.69) is 15.6 Å². The minimum atomic E-state index is -0.608. The Balaban J connectivity index is 1.93. The van der Waals surface area contributed by atoms with Crippen molar-refractivity contribution in [3.8, 4) is 5.75 Å². The molecule has 1 saturated carbocycles. The zero-order valence-corrected chi connectivity index (χ0v) is 11.1. The summed E-state index contributed by atoms with van der Waals surface area (Å²) in [4.78, 5) is 4.40. The van der Waals surface area contributed by atoms with Gasteiger partial charge in [-0.15, -0.1) is 0 Å². The number of rotatable bonds is 5. The molecule has 3 N–H and O–H groups in total. The summed E-state index contributed by atoms with van der Waals surface area (Å²) >= 11 is 0. The highest BCUT2D eigenvalue weighted by molar-refractivity contribution is 5.79. The molecule has 5 heteroatoms. The van der Waals surface area contributed by atoms with Crippen LogP contribution in [0.4, 0.5) is 4.39 Å². The second-order valence-corrected chi connectivity index (χ2v) is 4.81. The van der Waals surface area contributed by atoms with Crippen molar-refractivity contribution in [3.05, 3.63) is 29.6 Å². The summed E-state index contributed by atoms with van der Waals surface area (Å²) in [5, 5.41) is 15.6. The predicted octanol–water partition coefficient (Wildman–Crippen LogP) is 2.00. The van der Waals surface area contributed by atoms with E-state index in [1.807, 2.05) is 6.92 Å². The van der Waals surface area contributed by atoms with E-state index in [4.69, 9.17) is 5.11 Å². The van der Waals surface area contributed by atoms with Crippen molar-refractivity contribution in [2.75, 3.05) is 13.1 Å². The Morgan fingerprint density at radius 3 is 2.84 bits per heavy atom. The molecule has 19 heavy (non-hydrogen) atoms. The summed E-state index contributed by atoms with van der Waals surface area (Å²) in [6, 6.07) is 4.33.